The molecule has 44 heavy (non-hydrogen) atoms. The molecule has 0 radical (unpaired) electrons. The van der Waals surface area contributed by atoms with Crippen molar-refractivity contribution in [1.29, 1.82) is 0 Å². The van der Waals surface area contributed by atoms with Crippen molar-refractivity contribution in [3.8, 4) is 5.75 Å². The largest absolute Gasteiger partial charge is 0.482 e. The second-order valence-electron chi connectivity index (χ2n) is 11.4. The lowest BCUT2D eigenvalue weighted by Crippen LogP contribution is -2.50. The van der Waals surface area contributed by atoms with Gasteiger partial charge in [0.05, 0.1) is 41.9 Å². The first-order valence-electron chi connectivity index (χ1n) is 14.6. The SMILES string of the molecule is CNC(=O)c1cc(C(=O)NCCC2OCC(N3C(=O)c4ccccc4C3=O)CO2)cc2c1OC1(CC1F)[C@H]2c1ccccc1. The number of amides is 4. The normalized spacial score (nSPS) is 26.6. The molecule has 1 saturated heterocycles. The first kappa shape index (κ1) is 28.2. The average Bonchev–Trinajstić information content (AvgIpc) is 3.44. The van der Waals surface area contributed by atoms with Crippen LogP contribution in [0.4, 0.5) is 4.39 Å². The Labute approximate surface area is 252 Å². The summed E-state index contributed by atoms with van der Waals surface area (Å²) < 4.78 is 32.6. The van der Waals surface area contributed by atoms with Crippen molar-refractivity contribution in [3.63, 3.8) is 0 Å². The minimum absolute atomic E-state index is 0.114. The predicted octanol–water partition coefficient (Wildman–Crippen LogP) is 3.21. The molecular weight excluding hydrogens is 569 g/mol. The third kappa shape index (κ3) is 4.54. The van der Waals surface area contributed by atoms with Crippen molar-refractivity contribution >= 4 is 23.6 Å². The first-order chi connectivity index (χ1) is 21.3. The number of nitrogens with zero attached hydrogens (tertiary/aromatic N) is 1. The highest BCUT2D eigenvalue weighted by Gasteiger charge is 2.68. The zero-order valence-electron chi connectivity index (χ0n) is 23.9. The van der Waals surface area contributed by atoms with E-state index in [1.54, 1.807) is 30.3 Å². The van der Waals surface area contributed by atoms with Gasteiger partial charge in [0.25, 0.3) is 23.6 Å². The van der Waals surface area contributed by atoms with E-state index in [0.717, 1.165) is 5.56 Å². The van der Waals surface area contributed by atoms with Crippen molar-refractivity contribution in [1.82, 2.24) is 15.5 Å². The van der Waals surface area contributed by atoms with Gasteiger partial charge in [-0.05, 0) is 29.8 Å². The number of alkyl halides is 1. The molecule has 3 aromatic carbocycles. The van der Waals surface area contributed by atoms with E-state index in [9.17, 15) is 23.6 Å². The second kappa shape index (κ2) is 10.8. The molecule has 3 heterocycles. The van der Waals surface area contributed by atoms with Crippen LogP contribution in [0.3, 0.4) is 0 Å². The summed E-state index contributed by atoms with van der Waals surface area (Å²) in [5.41, 5.74) is 1.50. The Balaban J connectivity index is 1.02. The number of carbonyl (C=O) groups excluding carboxylic acids is 4. The van der Waals surface area contributed by atoms with Gasteiger partial charge in [-0.1, -0.05) is 42.5 Å². The number of rotatable bonds is 7. The van der Waals surface area contributed by atoms with E-state index in [-0.39, 0.29) is 49.1 Å². The van der Waals surface area contributed by atoms with E-state index < -0.39 is 41.8 Å². The highest BCUT2D eigenvalue weighted by Crippen LogP contribution is 2.62. The number of benzene rings is 3. The minimum Gasteiger partial charge on any atom is -0.482 e. The number of carbonyl (C=O) groups is 4. The minimum atomic E-state index is -1.19. The van der Waals surface area contributed by atoms with Gasteiger partial charge in [0.15, 0.2) is 11.9 Å². The Bertz CT molecular complexity index is 1640. The lowest BCUT2D eigenvalue weighted by atomic mass is 9.85. The molecule has 10 nitrogen and oxygen atoms in total. The fourth-order valence-electron chi connectivity index (χ4n) is 6.45. The predicted molar refractivity (Wildman–Crippen MR) is 154 cm³/mol. The molecule has 2 N–H and O–H groups in total. The van der Waals surface area contributed by atoms with E-state index in [1.165, 1.54) is 18.0 Å². The molecule has 11 heteroatoms. The molecule has 1 spiro atoms. The van der Waals surface area contributed by atoms with Gasteiger partial charge in [0, 0.05) is 37.6 Å². The number of hydrogen-bond acceptors (Lipinski definition) is 7. The molecule has 1 saturated carbocycles. The maximum Gasteiger partial charge on any atom is 0.261 e. The molecule has 3 aliphatic heterocycles. The van der Waals surface area contributed by atoms with E-state index in [0.29, 0.717) is 28.9 Å². The fraction of sp³-hybridized carbons (Fsp3) is 0.333. The molecule has 4 amide bonds. The Hall–Kier alpha value is -4.61. The molecule has 2 fully saturated rings. The number of halogens is 1. The van der Waals surface area contributed by atoms with Crippen molar-refractivity contribution in [2.24, 2.45) is 0 Å². The van der Waals surface area contributed by atoms with Gasteiger partial charge >= 0.3 is 0 Å². The van der Waals surface area contributed by atoms with Crippen LogP contribution in [-0.4, -0.2) is 79.4 Å². The maximum absolute atomic E-state index is 14.8. The topological polar surface area (TPSA) is 123 Å². The lowest BCUT2D eigenvalue weighted by Gasteiger charge is -2.33. The number of fused-ring (bicyclic) bond motifs is 2. The van der Waals surface area contributed by atoms with Crippen LogP contribution in [0.5, 0.6) is 5.75 Å². The molecular formula is C33H30FN3O7. The van der Waals surface area contributed by atoms with Crippen LogP contribution >= 0.6 is 0 Å². The van der Waals surface area contributed by atoms with Gasteiger partial charge in [0.1, 0.15) is 11.9 Å². The Morgan fingerprint density at radius 1 is 0.955 bits per heavy atom. The Morgan fingerprint density at radius 2 is 1.59 bits per heavy atom. The van der Waals surface area contributed by atoms with Gasteiger partial charge in [-0.15, -0.1) is 0 Å². The number of ether oxygens (including phenoxy) is 3. The summed E-state index contributed by atoms with van der Waals surface area (Å²) in [4.78, 5) is 52.9. The highest BCUT2D eigenvalue weighted by atomic mass is 19.1. The zero-order valence-corrected chi connectivity index (χ0v) is 23.9. The maximum atomic E-state index is 14.8. The van der Waals surface area contributed by atoms with Crippen molar-refractivity contribution in [2.75, 3.05) is 26.8 Å². The van der Waals surface area contributed by atoms with Crippen molar-refractivity contribution < 1.29 is 37.8 Å². The summed E-state index contributed by atoms with van der Waals surface area (Å²) in [6, 6.07) is 18.7. The molecule has 3 aromatic rings. The van der Waals surface area contributed by atoms with Crippen LogP contribution in [0.1, 0.15) is 71.3 Å². The number of hydrogen-bond donors (Lipinski definition) is 2. The quantitative estimate of drug-likeness (QED) is 0.400. The standard InChI is InChI=1S/C33H30FN3O7/c1-35-30(39)24-14-19(13-23-27(18-7-3-2-4-8-18)33(15-25(33)34)44-28(23)24)29(38)36-12-11-26-42-16-20(17-43-26)37-31(40)21-9-5-6-10-22(21)32(37)41/h2-10,13-14,20,25-27H,11-12,15-17H2,1H3,(H,35,39)(H,36,38)/t20?,25?,26?,27-,33?/m0/s1. The second-order valence-corrected chi connectivity index (χ2v) is 11.4. The van der Waals surface area contributed by atoms with E-state index in [4.69, 9.17) is 14.2 Å². The fourth-order valence-corrected chi connectivity index (χ4v) is 6.45. The number of imide groups is 1. The molecule has 4 aliphatic rings. The summed E-state index contributed by atoms with van der Waals surface area (Å²) in [6.07, 6.45) is -1.32. The lowest BCUT2D eigenvalue weighted by molar-refractivity contribution is -0.198. The van der Waals surface area contributed by atoms with E-state index in [2.05, 4.69) is 10.6 Å². The third-order valence-corrected chi connectivity index (χ3v) is 8.75. The van der Waals surface area contributed by atoms with Crippen LogP contribution in [0.15, 0.2) is 66.7 Å². The van der Waals surface area contributed by atoms with Crippen LogP contribution in [0, 0.1) is 0 Å². The van der Waals surface area contributed by atoms with Crippen molar-refractivity contribution in [2.45, 2.75) is 42.9 Å². The van der Waals surface area contributed by atoms with E-state index in [1.807, 2.05) is 30.3 Å². The monoisotopic (exact) mass is 599 g/mol. The van der Waals surface area contributed by atoms with Gasteiger partial charge in [-0.3, -0.25) is 24.1 Å². The van der Waals surface area contributed by atoms with Crippen LogP contribution in [-0.2, 0) is 9.47 Å². The molecule has 1 aliphatic carbocycles. The molecule has 3 atom stereocenters. The zero-order chi connectivity index (χ0) is 30.6. The van der Waals surface area contributed by atoms with Crippen molar-refractivity contribution in [3.05, 3.63) is 100 Å². The molecule has 7 rings (SSSR count). The van der Waals surface area contributed by atoms with Crippen LogP contribution < -0.4 is 15.4 Å². The first-order valence-corrected chi connectivity index (χ1v) is 14.6. The Kier molecular flexibility index (Phi) is 6.94. The van der Waals surface area contributed by atoms with Gasteiger partial charge in [-0.2, -0.15) is 0 Å². The molecule has 0 aromatic heterocycles. The molecule has 2 unspecified atom stereocenters. The van der Waals surface area contributed by atoms with Crippen LogP contribution in [0.2, 0.25) is 0 Å². The summed E-state index contributed by atoms with van der Waals surface area (Å²) in [5.74, 6) is -1.76. The van der Waals surface area contributed by atoms with Crippen LogP contribution in [0.25, 0.3) is 0 Å². The van der Waals surface area contributed by atoms with E-state index >= 15 is 0 Å². The molecule has 0 bridgehead atoms. The summed E-state index contributed by atoms with van der Waals surface area (Å²) in [6.45, 7) is 0.424. The summed E-state index contributed by atoms with van der Waals surface area (Å²) in [7, 11) is 1.49. The number of nitrogens with one attached hydrogen (secondary N) is 2. The van der Waals surface area contributed by atoms with Gasteiger partial charge < -0.3 is 24.8 Å². The summed E-state index contributed by atoms with van der Waals surface area (Å²) in [5, 5.41) is 5.44. The molecule has 226 valence electrons. The smallest absolute Gasteiger partial charge is 0.261 e. The summed E-state index contributed by atoms with van der Waals surface area (Å²) >= 11 is 0. The third-order valence-electron chi connectivity index (χ3n) is 8.75. The van der Waals surface area contributed by atoms with Gasteiger partial charge in [0.2, 0.25) is 0 Å². The average molecular weight is 600 g/mol. The Morgan fingerprint density at radius 3 is 2.20 bits per heavy atom. The highest BCUT2D eigenvalue weighted by molar-refractivity contribution is 6.21. The van der Waals surface area contributed by atoms with Gasteiger partial charge in [-0.25, -0.2) is 4.39 Å².